The van der Waals surface area contributed by atoms with Gasteiger partial charge in [0.15, 0.2) is 11.6 Å². The average Bonchev–Trinajstić information content (AvgIpc) is 2.51. The van der Waals surface area contributed by atoms with Gasteiger partial charge >= 0.3 is 0 Å². The number of hydrogen-bond acceptors (Lipinski definition) is 6. The molecular formula is C16H16N4O2. The molecule has 5 N–H and O–H groups in total. The highest BCUT2D eigenvalue weighted by Crippen LogP contribution is 2.28. The van der Waals surface area contributed by atoms with Gasteiger partial charge in [0.25, 0.3) is 0 Å². The zero-order valence-corrected chi connectivity index (χ0v) is 11.8. The maximum atomic E-state index is 9.66. The van der Waals surface area contributed by atoms with Crippen molar-refractivity contribution in [3.63, 3.8) is 0 Å². The van der Waals surface area contributed by atoms with Gasteiger partial charge in [-0.2, -0.15) is 0 Å². The van der Waals surface area contributed by atoms with E-state index in [9.17, 15) is 5.11 Å². The molecule has 0 aliphatic rings. The number of phenols is 1. The van der Waals surface area contributed by atoms with E-state index in [1.54, 1.807) is 18.2 Å². The lowest BCUT2D eigenvalue weighted by Gasteiger charge is -2.13. The molecule has 0 spiro atoms. The second-order valence-electron chi connectivity index (χ2n) is 4.89. The Hall–Kier alpha value is -2.86. The summed E-state index contributed by atoms with van der Waals surface area (Å²) in [7, 11) is 0. The molecule has 0 unspecified atom stereocenters. The largest absolute Gasteiger partial charge is 0.508 e. The minimum atomic E-state index is 0.0122. The number of aromatic hydroxyl groups is 1. The fraction of sp³-hybridized carbons (Fsp3) is 0.125. The van der Waals surface area contributed by atoms with E-state index in [0.29, 0.717) is 17.9 Å². The molecule has 0 aliphatic carbocycles. The van der Waals surface area contributed by atoms with Crippen molar-refractivity contribution in [2.24, 2.45) is 0 Å². The van der Waals surface area contributed by atoms with Gasteiger partial charge in [0.05, 0.1) is 11.0 Å². The van der Waals surface area contributed by atoms with Gasteiger partial charge in [-0.15, -0.1) is 0 Å². The third-order valence-corrected chi connectivity index (χ3v) is 3.33. The summed E-state index contributed by atoms with van der Waals surface area (Å²) in [5, 5.41) is 21.9. The topological polar surface area (TPSA) is 104 Å². The summed E-state index contributed by atoms with van der Waals surface area (Å²) in [6.45, 7) is 0.0122. The number of nitrogens with one attached hydrogen (secondary N) is 1. The second-order valence-corrected chi connectivity index (χ2v) is 4.89. The zero-order chi connectivity index (χ0) is 15.5. The van der Waals surface area contributed by atoms with Crippen LogP contribution < -0.4 is 11.1 Å². The molecule has 0 bridgehead atoms. The lowest BCUT2D eigenvalue weighted by atomic mass is 10.1. The Morgan fingerprint density at radius 2 is 1.77 bits per heavy atom. The van der Waals surface area contributed by atoms with Crippen LogP contribution in [0.15, 0.2) is 42.5 Å². The van der Waals surface area contributed by atoms with E-state index in [-0.39, 0.29) is 18.2 Å². The number of nitrogen functional groups attached to an aromatic ring is 1. The maximum Gasteiger partial charge on any atom is 0.174 e. The van der Waals surface area contributed by atoms with E-state index in [0.717, 1.165) is 16.6 Å². The summed E-state index contributed by atoms with van der Waals surface area (Å²) in [5.74, 6) is 0.817. The Balaban J connectivity index is 2.02. The summed E-state index contributed by atoms with van der Waals surface area (Å²) >= 11 is 0. The van der Waals surface area contributed by atoms with Crippen LogP contribution in [0.25, 0.3) is 11.0 Å². The van der Waals surface area contributed by atoms with Crippen LogP contribution in [0.4, 0.5) is 17.3 Å². The predicted octanol–water partition coefficient (Wildman–Crippen LogP) is 2.20. The van der Waals surface area contributed by atoms with Gasteiger partial charge in [0, 0.05) is 18.4 Å². The van der Waals surface area contributed by atoms with Gasteiger partial charge in [0.2, 0.25) is 0 Å². The molecule has 0 fully saturated rings. The highest BCUT2D eigenvalue weighted by Gasteiger charge is 2.09. The van der Waals surface area contributed by atoms with Crippen molar-refractivity contribution < 1.29 is 10.2 Å². The number of fused-ring (bicyclic) bond motifs is 1. The molecule has 1 heterocycles. The standard InChI is InChI=1S/C16H16N4O2/c17-15-16(19-13-4-2-1-3-12(13)18-15)20-14-9-11(22)6-5-10(14)7-8-21/h1-6,9,21-22H,7-8H2,(H2,17,18)(H,19,20). The van der Waals surface area contributed by atoms with Crippen LogP contribution in [0.1, 0.15) is 5.56 Å². The van der Waals surface area contributed by atoms with Gasteiger partial charge in [-0.1, -0.05) is 18.2 Å². The number of nitrogens with two attached hydrogens (primary N) is 1. The molecule has 0 aliphatic heterocycles. The lowest BCUT2D eigenvalue weighted by molar-refractivity contribution is 0.300. The molecule has 0 saturated carbocycles. The molecular weight excluding hydrogens is 280 g/mol. The Labute approximate surface area is 127 Å². The van der Waals surface area contributed by atoms with E-state index >= 15 is 0 Å². The molecule has 3 aromatic rings. The highest BCUT2D eigenvalue weighted by atomic mass is 16.3. The van der Waals surface area contributed by atoms with Crippen molar-refractivity contribution in [1.82, 2.24) is 9.97 Å². The zero-order valence-electron chi connectivity index (χ0n) is 11.8. The number of aliphatic hydroxyl groups is 1. The Bertz CT molecular complexity index is 820. The fourth-order valence-corrected chi connectivity index (χ4v) is 2.25. The summed E-state index contributed by atoms with van der Waals surface area (Å²) in [6.07, 6.45) is 0.462. The first-order valence-corrected chi connectivity index (χ1v) is 6.89. The minimum absolute atomic E-state index is 0.0122. The van der Waals surface area contributed by atoms with Crippen molar-refractivity contribution in [2.75, 3.05) is 17.7 Å². The number of nitrogens with zero attached hydrogens (tertiary/aromatic N) is 2. The SMILES string of the molecule is Nc1nc2ccccc2nc1Nc1cc(O)ccc1CCO. The van der Waals surface area contributed by atoms with Gasteiger partial charge < -0.3 is 21.3 Å². The molecule has 0 atom stereocenters. The van der Waals surface area contributed by atoms with Gasteiger partial charge in [-0.05, 0) is 30.2 Å². The van der Waals surface area contributed by atoms with Gasteiger partial charge in [-0.25, -0.2) is 9.97 Å². The van der Waals surface area contributed by atoms with Crippen LogP contribution in [0, 0.1) is 0 Å². The van der Waals surface area contributed by atoms with Crippen molar-refractivity contribution in [3.8, 4) is 5.75 Å². The summed E-state index contributed by atoms with van der Waals surface area (Å²) in [5.41, 5.74) is 8.89. The van der Waals surface area contributed by atoms with E-state index in [4.69, 9.17) is 10.8 Å². The second kappa shape index (κ2) is 5.87. The van der Waals surface area contributed by atoms with Crippen molar-refractivity contribution in [3.05, 3.63) is 48.0 Å². The summed E-state index contributed by atoms with van der Waals surface area (Å²) < 4.78 is 0. The summed E-state index contributed by atoms with van der Waals surface area (Å²) in [6, 6.07) is 12.3. The highest BCUT2D eigenvalue weighted by molar-refractivity contribution is 5.81. The van der Waals surface area contributed by atoms with E-state index in [2.05, 4.69) is 15.3 Å². The average molecular weight is 296 g/mol. The number of phenolic OH excluding ortho intramolecular Hbond substituents is 1. The Kier molecular flexibility index (Phi) is 3.76. The normalized spacial score (nSPS) is 10.8. The smallest absolute Gasteiger partial charge is 0.174 e. The molecule has 3 rings (SSSR count). The molecule has 0 amide bonds. The number of para-hydroxylation sites is 2. The molecule has 112 valence electrons. The van der Waals surface area contributed by atoms with E-state index in [1.807, 2.05) is 24.3 Å². The number of rotatable bonds is 4. The van der Waals surface area contributed by atoms with Crippen LogP contribution in [0.5, 0.6) is 5.75 Å². The number of aliphatic hydroxyl groups excluding tert-OH is 1. The Morgan fingerprint density at radius 1 is 1.05 bits per heavy atom. The van der Waals surface area contributed by atoms with Crippen LogP contribution in [-0.2, 0) is 6.42 Å². The van der Waals surface area contributed by atoms with Crippen molar-refractivity contribution in [2.45, 2.75) is 6.42 Å². The van der Waals surface area contributed by atoms with Crippen molar-refractivity contribution in [1.29, 1.82) is 0 Å². The third kappa shape index (κ3) is 2.77. The van der Waals surface area contributed by atoms with Gasteiger partial charge in [-0.3, -0.25) is 0 Å². The predicted molar refractivity (Wildman–Crippen MR) is 86.1 cm³/mol. The first-order chi connectivity index (χ1) is 10.7. The maximum absolute atomic E-state index is 9.66. The molecule has 22 heavy (non-hydrogen) atoms. The quantitative estimate of drug-likeness (QED) is 0.588. The van der Waals surface area contributed by atoms with Gasteiger partial charge in [0.1, 0.15) is 5.75 Å². The lowest BCUT2D eigenvalue weighted by Crippen LogP contribution is -2.05. The molecule has 1 aromatic heterocycles. The minimum Gasteiger partial charge on any atom is -0.508 e. The fourth-order valence-electron chi connectivity index (χ4n) is 2.25. The summed E-state index contributed by atoms with van der Waals surface area (Å²) in [4.78, 5) is 8.77. The third-order valence-electron chi connectivity index (χ3n) is 3.33. The van der Waals surface area contributed by atoms with Crippen LogP contribution in [-0.4, -0.2) is 26.8 Å². The molecule has 0 radical (unpaired) electrons. The first kappa shape index (κ1) is 14.1. The molecule has 6 heteroatoms. The number of anilines is 3. The molecule has 6 nitrogen and oxygen atoms in total. The number of hydrogen-bond donors (Lipinski definition) is 4. The van der Waals surface area contributed by atoms with Crippen LogP contribution in [0.3, 0.4) is 0 Å². The Morgan fingerprint density at radius 3 is 2.50 bits per heavy atom. The van der Waals surface area contributed by atoms with Crippen LogP contribution in [0.2, 0.25) is 0 Å². The first-order valence-electron chi connectivity index (χ1n) is 6.89. The van der Waals surface area contributed by atoms with Crippen LogP contribution >= 0.6 is 0 Å². The monoisotopic (exact) mass is 296 g/mol. The van der Waals surface area contributed by atoms with Crippen molar-refractivity contribution >= 4 is 28.4 Å². The van der Waals surface area contributed by atoms with E-state index in [1.165, 1.54) is 0 Å². The number of aromatic nitrogens is 2. The molecule has 0 saturated heterocycles. The molecule has 2 aromatic carbocycles. The van der Waals surface area contributed by atoms with E-state index < -0.39 is 0 Å². The number of benzene rings is 2.